The summed E-state index contributed by atoms with van der Waals surface area (Å²) in [4.78, 5) is 0. The van der Waals surface area contributed by atoms with Crippen molar-refractivity contribution >= 4 is 22.6 Å². The molecule has 0 aromatic rings. The molecule has 0 aromatic heterocycles. The molecule has 7 heavy (non-hydrogen) atoms. The number of hydrogen-bond donors (Lipinski definition) is 2. The summed E-state index contributed by atoms with van der Waals surface area (Å²) in [5, 5.41) is 8.31. The molecule has 0 amide bonds. The van der Waals surface area contributed by atoms with Gasteiger partial charge in [0.05, 0.1) is 12.6 Å². The van der Waals surface area contributed by atoms with Crippen molar-refractivity contribution in [3.8, 4) is 0 Å². The Hall–Kier alpha value is 0.390. The van der Waals surface area contributed by atoms with Gasteiger partial charge < -0.3 is 10.8 Å². The summed E-state index contributed by atoms with van der Waals surface area (Å²) in [5.74, 6) is 0. The lowest BCUT2D eigenvalue weighted by Gasteiger charge is -2.01. The Labute approximate surface area is 56.5 Å². The molecule has 0 bridgehead atoms. The summed E-state index contributed by atoms with van der Waals surface area (Å²) in [6.07, 6.45) is 0. The zero-order valence-electron chi connectivity index (χ0n) is 3.89. The zero-order chi connectivity index (χ0) is 5.86. The van der Waals surface area contributed by atoms with Gasteiger partial charge in [-0.15, -0.1) is 0 Å². The maximum Gasteiger partial charge on any atom is 0.0628 e. The first kappa shape index (κ1) is 7.39. The molecule has 42 valence electrons. The molecule has 0 aliphatic carbocycles. The van der Waals surface area contributed by atoms with Gasteiger partial charge >= 0.3 is 0 Å². The lowest BCUT2D eigenvalue weighted by Crippen LogP contribution is -2.23. The van der Waals surface area contributed by atoms with Crippen LogP contribution in [0.1, 0.15) is 0 Å². The van der Waals surface area contributed by atoms with Gasteiger partial charge in [-0.2, -0.15) is 0 Å². The smallest absolute Gasteiger partial charge is 0.0628 e. The van der Waals surface area contributed by atoms with E-state index in [2.05, 4.69) is 6.58 Å². The van der Waals surface area contributed by atoms with Crippen molar-refractivity contribution in [3.63, 3.8) is 0 Å². The van der Waals surface area contributed by atoms with Crippen LogP contribution in [0.4, 0.5) is 0 Å². The maximum absolute atomic E-state index is 8.31. The highest BCUT2D eigenvalue weighted by molar-refractivity contribution is 14.1. The second-order valence-electron chi connectivity index (χ2n) is 1.24. The summed E-state index contributed by atoms with van der Waals surface area (Å²) in [6, 6.07) is -0.249. The molecule has 0 radical (unpaired) electrons. The Morgan fingerprint density at radius 1 is 2.00 bits per heavy atom. The van der Waals surface area contributed by atoms with Gasteiger partial charge in [0.1, 0.15) is 0 Å². The third-order valence-corrected chi connectivity index (χ3v) is 1.40. The van der Waals surface area contributed by atoms with Crippen LogP contribution in [0.15, 0.2) is 10.2 Å². The Balaban J connectivity index is 3.34. The van der Waals surface area contributed by atoms with Crippen LogP contribution in [0.25, 0.3) is 0 Å². The van der Waals surface area contributed by atoms with Crippen LogP contribution in [0.3, 0.4) is 0 Å². The number of nitrogens with two attached hydrogens (primary N) is 1. The standard InChI is InChI=1S/C4H8INO/c1-3(5)4(6)2-7/h4,7H,1-2,6H2/t4-/m1/s1. The Morgan fingerprint density at radius 3 is 2.43 bits per heavy atom. The van der Waals surface area contributed by atoms with E-state index in [9.17, 15) is 0 Å². The second-order valence-corrected chi connectivity index (χ2v) is 2.62. The molecule has 0 aromatic carbocycles. The summed E-state index contributed by atoms with van der Waals surface area (Å²) in [7, 11) is 0. The minimum atomic E-state index is -0.249. The minimum absolute atomic E-state index is 0.0121. The van der Waals surface area contributed by atoms with Crippen LogP contribution in [0, 0.1) is 0 Å². The molecular formula is C4H8INO. The molecule has 0 aliphatic heterocycles. The lowest BCUT2D eigenvalue weighted by molar-refractivity contribution is 0.283. The van der Waals surface area contributed by atoms with E-state index in [-0.39, 0.29) is 12.6 Å². The number of rotatable bonds is 2. The first-order valence-corrected chi connectivity index (χ1v) is 2.97. The largest absolute Gasteiger partial charge is 0.394 e. The maximum atomic E-state index is 8.31. The van der Waals surface area contributed by atoms with Gasteiger partial charge in [-0.3, -0.25) is 0 Å². The first-order valence-electron chi connectivity index (χ1n) is 1.89. The topological polar surface area (TPSA) is 46.2 Å². The van der Waals surface area contributed by atoms with E-state index in [0.717, 1.165) is 3.58 Å². The third kappa shape index (κ3) is 3.02. The molecule has 0 aliphatic rings. The van der Waals surface area contributed by atoms with E-state index in [1.54, 1.807) is 0 Å². The molecule has 0 heterocycles. The molecule has 3 heteroatoms. The molecule has 1 atom stereocenters. The van der Waals surface area contributed by atoms with Crippen molar-refractivity contribution in [2.45, 2.75) is 6.04 Å². The molecular weight excluding hydrogens is 205 g/mol. The third-order valence-electron chi connectivity index (χ3n) is 0.599. The van der Waals surface area contributed by atoms with Crippen LogP contribution < -0.4 is 5.73 Å². The fourth-order valence-electron chi connectivity index (χ4n) is 0.0991. The highest BCUT2D eigenvalue weighted by Gasteiger charge is 1.98. The summed E-state index contributed by atoms with van der Waals surface area (Å²) >= 11 is 1.99. The average molecular weight is 213 g/mol. The minimum Gasteiger partial charge on any atom is -0.394 e. The average Bonchev–Trinajstić information content (AvgIpc) is 1.65. The van der Waals surface area contributed by atoms with E-state index in [0.29, 0.717) is 0 Å². The van der Waals surface area contributed by atoms with Crippen LogP contribution in [0.5, 0.6) is 0 Å². The van der Waals surface area contributed by atoms with Gasteiger partial charge in [0.15, 0.2) is 0 Å². The van der Waals surface area contributed by atoms with Crippen molar-refractivity contribution in [1.82, 2.24) is 0 Å². The van der Waals surface area contributed by atoms with Gasteiger partial charge in [0, 0.05) is 3.58 Å². The normalized spacial score (nSPS) is 13.6. The number of aliphatic hydroxyl groups excluding tert-OH is 1. The molecule has 3 N–H and O–H groups in total. The summed E-state index contributed by atoms with van der Waals surface area (Å²) < 4.78 is 0.792. The highest BCUT2D eigenvalue weighted by atomic mass is 127. The monoisotopic (exact) mass is 213 g/mol. The van der Waals surface area contributed by atoms with Gasteiger partial charge in [-0.25, -0.2) is 0 Å². The lowest BCUT2D eigenvalue weighted by atomic mass is 10.3. The second kappa shape index (κ2) is 3.40. The fourth-order valence-corrected chi connectivity index (χ4v) is 0.296. The molecule has 0 saturated carbocycles. The zero-order valence-corrected chi connectivity index (χ0v) is 6.05. The summed E-state index contributed by atoms with van der Waals surface area (Å²) in [5.41, 5.74) is 5.26. The Morgan fingerprint density at radius 2 is 2.43 bits per heavy atom. The van der Waals surface area contributed by atoms with Crippen LogP contribution in [-0.4, -0.2) is 17.8 Å². The van der Waals surface area contributed by atoms with Crippen molar-refractivity contribution in [3.05, 3.63) is 10.2 Å². The van der Waals surface area contributed by atoms with Crippen LogP contribution in [-0.2, 0) is 0 Å². The first-order chi connectivity index (χ1) is 3.18. The van der Waals surface area contributed by atoms with Crippen molar-refractivity contribution < 1.29 is 5.11 Å². The molecule has 0 saturated heterocycles. The van der Waals surface area contributed by atoms with Crippen LogP contribution in [0.2, 0.25) is 0 Å². The van der Waals surface area contributed by atoms with E-state index >= 15 is 0 Å². The van der Waals surface area contributed by atoms with Gasteiger partial charge in [-0.05, 0) is 22.6 Å². The van der Waals surface area contributed by atoms with Crippen molar-refractivity contribution in [1.29, 1.82) is 0 Å². The summed E-state index contributed by atoms with van der Waals surface area (Å²) in [6.45, 7) is 3.52. The van der Waals surface area contributed by atoms with Gasteiger partial charge in [0.25, 0.3) is 0 Å². The van der Waals surface area contributed by atoms with Crippen LogP contribution >= 0.6 is 22.6 Å². The molecule has 0 fully saturated rings. The molecule has 0 rings (SSSR count). The van der Waals surface area contributed by atoms with Crippen molar-refractivity contribution in [2.75, 3.05) is 6.61 Å². The predicted molar refractivity (Wildman–Crippen MR) is 38.2 cm³/mol. The van der Waals surface area contributed by atoms with E-state index in [4.69, 9.17) is 10.8 Å². The highest BCUT2D eigenvalue weighted by Crippen LogP contribution is 2.03. The van der Waals surface area contributed by atoms with Gasteiger partial charge in [0.2, 0.25) is 0 Å². The number of aliphatic hydroxyl groups is 1. The Bertz CT molecular complexity index is 74.1. The number of hydrogen-bond acceptors (Lipinski definition) is 2. The van der Waals surface area contributed by atoms with E-state index < -0.39 is 0 Å². The number of halogens is 1. The quantitative estimate of drug-likeness (QED) is 0.646. The van der Waals surface area contributed by atoms with E-state index in [1.807, 2.05) is 22.6 Å². The predicted octanol–water partition coefficient (Wildman–Crippen LogP) is 0.255. The van der Waals surface area contributed by atoms with Crippen molar-refractivity contribution in [2.24, 2.45) is 5.73 Å². The Kier molecular flexibility index (Phi) is 3.59. The molecule has 0 spiro atoms. The fraction of sp³-hybridized carbons (Fsp3) is 0.500. The molecule has 2 nitrogen and oxygen atoms in total. The molecule has 0 unspecified atom stereocenters. The van der Waals surface area contributed by atoms with E-state index in [1.165, 1.54) is 0 Å². The van der Waals surface area contributed by atoms with Gasteiger partial charge in [-0.1, -0.05) is 6.58 Å². The SMILES string of the molecule is C=C(I)[C@H](N)CO.